The highest BCUT2D eigenvalue weighted by atomic mass is 19.4. The zero-order valence-corrected chi connectivity index (χ0v) is 15.7. The molecule has 0 saturated carbocycles. The number of hydrogen-bond acceptors (Lipinski definition) is 3. The lowest BCUT2D eigenvalue weighted by Gasteiger charge is -2.35. The number of likely N-dealkylation sites (tertiary alicyclic amines) is 1. The van der Waals surface area contributed by atoms with E-state index in [0.717, 1.165) is 0 Å². The van der Waals surface area contributed by atoms with E-state index in [9.17, 15) is 22.4 Å². The molecule has 3 rings (SSSR count). The second kappa shape index (κ2) is 9.35. The summed E-state index contributed by atoms with van der Waals surface area (Å²) in [5.74, 6) is -0.476. The van der Waals surface area contributed by atoms with Gasteiger partial charge in [0.25, 0.3) is 0 Å². The maximum absolute atomic E-state index is 13.5. The molecule has 0 bridgehead atoms. The SMILES string of the molecule is O=C1CCCN1[C@@H](c1ccc(F)cc1)[C@H](OCCCC(F)(F)F)c1cccnc1. The van der Waals surface area contributed by atoms with Gasteiger partial charge in [0.1, 0.15) is 11.9 Å². The van der Waals surface area contributed by atoms with E-state index in [1.165, 1.54) is 12.1 Å². The highest BCUT2D eigenvalue weighted by Crippen LogP contribution is 2.39. The standard InChI is InChI=1S/C21H22F4N2O2/c22-17-8-6-15(7-9-17)19(27-12-2-5-18(27)28)20(16-4-1-11-26-14-16)29-13-3-10-21(23,24)25/h1,4,6-9,11,14,19-20H,2-3,5,10,12-13H2/t19-,20+/m0/s1. The summed E-state index contributed by atoms with van der Waals surface area (Å²) in [7, 11) is 0. The van der Waals surface area contributed by atoms with Crippen LogP contribution in [0.5, 0.6) is 0 Å². The molecule has 0 spiro atoms. The zero-order chi connectivity index (χ0) is 20.9. The maximum atomic E-state index is 13.5. The molecule has 0 radical (unpaired) electrons. The molecule has 0 aliphatic carbocycles. The molecule has 1 aliphatic rings. The van der Waals surface area contributed by atoms with Crippen LogP contribution in [-0.4, -0.2) is 35.1 Å². The van der Waals surface area contributed by atoms with Crippen LogP contribution in [0, 0.1) is 5.82 Å². The fraction of sp³-hybridized carbons (Fsp3) is 0.429. The molecule has 0 N–H and O–H groups in total. The Kier molecular flexibility index (Phi) is 6.84. The quantitative estimate of drug-likeness (QED) is 0.455. The van der Waals surface area contributed by atoms with Crippen molar-refractivity contribution in [3.63, 3.8) is 0 Å². The van der Waals surface area contributed by atoms with Crippen molar-refractivity contribution in [3.8, 4) is 0 Å². The molecule has 8 heteroatoms. The van der Waals surface area contributed by atoms with Crippen molar-refractivity contribution in [1.82, 2.24) is 9.88 Å². The first-order chi connectivity index (χ1) is 13.8. The molecule has 1 aromatic carbocycles. The average molecular weight is 410 g/mol. The van der Waals surface area contributed by atoms with Crippen molar-refractivity contribution in [3.05, 3.63) is 65.7 Å². The van der Waals surface area contributed by atoms with Gasteiger partial charge in [0, 0.05) is 44.0 Å². The summed E-state index contributed by atoms with van der Waals surface area (Å²) in [5, 5.41) is 0. The minimum Gasteiger partial charge on any atom is -0.371 e. The summed E-state index contributed by atoms with van der Waals surface area (Å²) in [5.41, 5.74) is 1.31. The molecule has 0 unspecified atom stereocenters. The van der Waals surface area contributed by atoms with Gasteiger partial charge in [-0.15, -0.1) is 0 Å². The molecule has 2 heterocycles. The van der Waals surface area contributed by atoms with E-state index in [4.69, 9.17) is 4.74 Å². The lowest BCUT2D eigenvalue weighted by Crippen LogP contribution is -2.35. The Labute approximate surface area is 166 Å². The molecule has 1 aromatic heterocycles. The molecule has 2 aromatic rings. The molecule has 29 heavy (non-hydrogen) atoms. The van der Waals surface area contributed by atoms with Gasteiger partial charge < -0.3 is 9.64 Å². The highest BCUT2D eigenvalue weighted by Gasteiger charge is 2.36. The predicted molar refractivity (Wildman–Crippen MR) is 98.3 cm³/mol. The van der Waals surface area contributed by atoms with Crippen molar-refractivity contribution in [2.75, 3.05) is 13.2 Å². The van der Waals surface area contributed by atoms with Crippen LogP contribution in [0.15, 0.2) is 48.8 Å². The summed E-state index contributed by atoms with van der Waals surface area (Å²) in [4.78, 5) is 18.2. The van der Waals surface area contributed by atoms with Crippen molar-refractivity contribution < 1.29 is 27.1 Å². The van der Waals surface area contributed by atoms with Crippen molar-refractivity contribution >= 4 is 5.91 Å². The fourth-order valence-electron chi connectivity index (χ4n) is 3.54. The highest BCUT2D eigenvalue weighted by molar-refractivity contribution is 5.78. The van der Waals surface area contributed by atoms with Gasteiger partial charge in [0.05, 0.1) is 6.04 Å². The third-order valence-corrected chi connectivity index (χ3v) is 4.86. The van der Waals surface area contributed by atoms with Crippen molar-refractivity contribution in [1.29, 1.82) is 0 Å². The predicted octanol–water partition coefficient (Wildman–Crippen LogP) is 4.98. The van der Waals surface area contributed by atoms with Gasteiger partial charge in [0.2, 0.25) is 5.91 Å². The Hall–Kier alpha value is -2.48. The van der Waals surface area contributed by atoms with E-state index in [2.05, 4.69) is 4.98 Å². The minimum absolute atomic E-state index is 0.0629. The lowest BCUT2D eigenvalue weighted by atomic mass is 9.95. The molecule has 4 nitrogen and oxygen atoms in total. The van der Waals surface area contributed by atoms with Crippen LogP contribution in [0.25, 0.3) is 0 Å². The normalized spacial score (nSPS) is 16.8. The van der Waals surface area contributed by atoms with Gasteiger partial charge in [-0.1, -0.05) is 18.2 Å². The Morgan fingerprint density at radius 1 is 1.14 bits per heavy atom. The number of carbonyl (C=O) groups excluding carboxylic acids is 1. The number of rotatable bonds is 8. The van der Waals surface area contributed by atoms with E-state index < -0.39 is 30.6 Å². The summed E-state index contributed by atoms with van der Waals surface area (Å²) < 4.78 is 56.9. The van der Waals surface area contributed by atoms with E-state index in [0.29, 0.717) is 30.5 Å². The minimum atomic E-state index is -4.26. The number of ether oxygens (including phenoxy) is 1. The van der Waals surface area contributed by atoms with Crippen LogP contribution in [0.1, 0.15) is 49.0 Å². The van der Waals surface area contributed by atoms with Gasteiger partial charge in [-0.05, 0) is 36.6 Å². The molecule has 1 saturated heterocycles. The molecule has 1 amide bonds. The van der Waals surface area contributed by atoms with Gasteiger partial charge >= 0.3 is 6.18 Å². The Morgan fingerprint density at radius 2 is 1.90 bits per heavy atom. The number of hydrogen-bond donors (Lipinski definition) is 0. The van der Waals surface area contributed by atoms with Crippen LogP contribution in [-0.2, 0) is 9.53 Å². The van der Waals surface area contributed by atoms with Gasteiger partial charge in [-0.2, -0.15) is 13.2 Å². The molecular formula is C21H22F4N2O2. The number of carbonyl (C=O) groups is 1. The fourth-order valence-corrected chi connectivity index (χ4v) is 3.54. The number of benzene rings is 1. The van der Waals surface area contributed by atoms with Crippen LogP contribution in [0.2, 0.25) is 0 Å². The first-order valence-electron chi connectivity index (χ1n) is 9.48. The first kappa shape index (κ1) is 21.2. The van der Waals surface area contributed by atoms with Crippen molar-refractivity contribution in [2.24, 2.45) is 0 Å². The van der Waals surface area contributed by atoms with E-state index in [1.807, 2.05) is 0 Å². The Morgan fingerprint density at radius 3 is 2.48 bits per heavy atom. The molecule has 156 valence electrons. The lowest BCUT2D eigenvalue weighted by molar-refractivity contribution is -0.141. The first-order valence-corrected chi connectivity index (χ1v) is 9.48. The average Bonchev–Trinajstić information content (AvgIpc) is 3.11. The second-order valence-electron chi connectivity index (χ2n) is 6.98. The molecular weight excluding hydrogens is 388 g/mol. The van der Waals surface area contributed by atoms with E-state index in [-0.39, 0.29) is 18.9 Å². The molecule has 1 aliphatic heterocycles. The number of amides is 1. The summed E-state index contributed by atoms with van der Waals surface area (Å²) in [6.07, 6.45) is -1.88. The Bertz CT molecular complexity index is 797. The molecule has 2 atom stereocenters. The number of aromatic nitrogens is 1. The maximum Gasteiger partial charge on any atom is 0.389 e. The number of alkyl halides is 3. The third-order valence-electron chi connectivity index (χ3n) is 4.86. The summed E-state index contributed by atoms with van der Waals surface area (Å²) in [6, 6.07) is 8.63. The Balaban J connectivity index is 1.91. The van der Waals surface area contributed by atoms with Gasteiger partial charge in [-0.3, -0.25) is 9.78 Å². The third kappa shape index (κ3) is 5.76. The largest absolute Gasteiger partial charge is 0.389 e. The number of halogens is 4. The summed E-state index contributed by atoms with van der Waals surface area (Å²) >= 11 is 0. The topological polar surface area (TPSA) is 42.4 Å². The second-order valence-corrected chi connectivity index (χ2v) is 6.98. The molecule has 1 fully saturated rings. The zero-order valence-electron chi connectivity index (χ0n) is 15.7. The van der Waals surface area contributed by atoms with Crippen LogP contribution >= 0.6 is 0 Å². The smallest absolute Gasteiger partial charge is 0.371 e. The monoisotopic (exact) mass is 410 g/mol. The van der Waals surface area contributed by atoms with Crippen LogP contribution in [0.4, 0.5) is 17.6 Å². The van der Waals surface area contributed by atoms with E-state index >= 15 is 0 Å². The number of pyridine rings is 1. The van der Waals surface area contributed by atoms with Crippen LogP contribution in [0.3, 0.4) is 0 Å². The summed E-state index contributed by atoms with van der Waals surface area (Å²) in [6.45, 7) is 0.377. The van der Waals surface area contributed by atoms with Gasteiger partial charge in [-0.25, -0.2) is 4.39 Å². The number of nitrogens with zero attached hydrogens (tertiary/aromatic N) is 2. The van der Waals surface area contributed by atoms with E-state index in [1.54, 1.807) is 41.6 Å². The van der Waals surface area contributed by atoms with Crippen LogP contribution < -0.4 is 0 Å². The van der Waals surface area contributed by atoms with Gasteiger partial charge in [0.15, 0.2) is 0 Å². The van der Waals surface area contributed by atoms with Crippen molar-refractivity contribution in [2.45, 2.75) is 44.0 Å².